The molecule has 0 saturated carbocycles. The van der Waals surface area contributed by atoms with E-state index in [0.717, 1.165) is 109 Å². The van der Waals surface area contributed by atoms with Gasteiger partial charge < -0.3 is 33.8 Å². The monoisotopic (exact) mass is 1310 g/mol. The van der Waals surface area contributed by atoms with E-state index in [9.17, 15) is 43.2 Å². The van der Waals surface area contributed by atoms with Crippen LogP contribution in [0.25, 0.3) is 0 Å². The number of aliphatic hydroxyl groups is 1. The molecule has 3 N–H and O–H groups in total. The summed E-state index contributed by atoms with van der Waals surface area (Å²) in [6.07, 6.45) is 49.9. The van der Waals surface area contributed by atoms with E-state index >= 15 is 0 Å². The Morgan fingerprint density at radius 1 is 0.303 bits per heavy atom. The van der Waals surface area contributed by atoms with E-state index in [1.54, 1.807) is 0 Å². The van der Waals surface area contributed by atoms with Crippen LogP contribution < -0.4 is 0 Å². The molecule has 0 aliphatic heterocycles. The van der Waals surface area contributed by atoms with Crippen LogP contribution >= 0.6 is 15.6 Å². The number of phosphoric ester groups is 2. The number of carbonyl (C=O) groups excluding carboxylic acids is 4. The number of aliphatic hydroxyl groups excluding tert-OH is 1. The number of hydrogen-bond donors (Lipinski definition) is 3. The van der Waals surface area contributed by atoms with Gasteiger partial charge >= 0.3 is 39.5 Å². The minimum Gasteiger partial charge on any atom is -0.462 e. The second-order valence-electron chi connectivity index (χ2n) is 25.7. The van der Waals surface area contributed by atoms with Crippen LogP contribution in [0.3, 0.4) is 0 Å². The van der Waals surface area contributed by atoms with E-state index in [0.29, 0.717) is 25.7 Å². The largest absolute Gasteiger partial charge is 0.472 e. The molecule has 0 saturated heterocycles. The molecule has 89 heavy (non-hydrogen) atoms. The van der Waals surface area contributed by atoms with Crippen molar-refractivity contribution in [2.24, 2.45) is 5.92 Å². The van der Waals surface area contributed by atoms with Gasteiger partial charge in [-0.25, -0.2) is 9.13 Å². The quantitative estimate of drug-likeness (QED) is 0.0222. The lowest BCUT2D eigenvalue weighted by Crippen LogP contribution is -2.30. The molecule has 0 heterocycles. The number of unbranched alkanes of at least 4 members (excludes halogenated alkanes) is 42. The fourth-order valence-corrected chi connectivity index (χ4v) is 12.2. The molecule has 2 unspecified atom stereocenters. The Bertz CT molecular complexity index is 1720. The van der Waals surface area contributed by atoms with Crippen molar-refractivity contribution in [1.82, 2.24) is 0 Å². The number of carbonyl (C=O) groups is 4. The van der Waals surface area contributed by atoms with Crippen LogP contribution in [0.4, 0.5) is 0 Å². The van der Waals surface area contributed by atoms with E-state index in [1.807, 2.05) is 0 Å². The van der Waals surface area contributed by atoms with Crippen LogP contribution in [0.2, 0.25) is 0 Å². The van der Waals surface area contributed by atoms with Gasteiger partial charge in [-0.1, -0.05) is 311 Å². The number of phosphoric acid groups is 2. The van der Waals surface area contributed by atoms with Crippen molar-refractivity contribution < 1.29 is 80.2 Å². The Morgan fingerprint density at radius 3 is 0.764 bits per heavy atom. The lowest BCUT2D eigenvalue weighted by atomic mass is 10.0. The molecule has 0 aromatic carbocycles. The SMILES string of the molecule is CCCCCCCCCCCCCCCCCC(=O)OC[C@H](COP(=O)(O)OC[C@@H](O)COP(=O)(O)OC[C@@H](COC(=O)CCCCCCCCC)OC(=O)CCCCCCCCCCCCCC)OC(=O)CCCCCCCCCCCCCCC(C)C. The van der Waals surface area contributed by atoms with Crippen molar-refractivity contribution >= 4 is 39.5 Å². The molecule has 0 amide bonds. The molecule has 0 rings (SSSR count). The topological polar surface area (TPSA) is 237 Å². The van der Waals surface area contributed by atoms with Crippen LogP contribution in [-0.2, 0) is 65.4 Å². The first kappa shape index (κ1) is 87.1. The number of hydrogen-bond acceptors (Lipinski definition) is 15. The van der Waals surface area contributed by atoms with Crippen molar-refractivity contribution in [3.8, 4) is 0 Å². The maximum Gasteiger partial charge on any atom is 0.472 e. The fourth-order valence-electron chi connectivity index (χ4n) is 10.6. The Hall–Kier alpha value is -1.94. The van der Waals surface area contributed by atoms with Gasteiger partial charge in [0.25, 0.3) is 0 Å². The van der Waals surface area contributed by atoms with E-state index in [2.05, 4.69) is 34.6 Å². The number of esters is 4. The minimum atomic E-state index is -4.95. The third-order valence-corrected chi connectivity index (χ3v) is 18.2. The molecule has 17 nitrogen and oxygen atoms in total. The molecule has 528 valence electrons. The number of rotatable bonds is 70. The highest BCUT2D eigenvalue weighted by Gasteiger charge is 2.30. The molecule has 0 aromatic heterocycles. The summed E-state index contributed by atoms with van der Waals surface area (Å²) in [5.41, 5.74) is 0. The summed E-state index contributed by atoms with van der Waals surface area (Å²) in [7, 11) is -9.89. The first-order valence-corrected chi connectivity index (χ1v) is 39.6. The molecule has 0 fully saturated rings. The summed E-state index contributed by atoms with van der Waals surface area (Å²) in [5, 5.41) is 10.6. The standard InChI is InChI=1S/C70H136O17P2/c1-6-9-12-15-18-20-22-24-25-26-31-34-39-44-49-54-68(73)81-60-66(87-70(75)56-51-46-41-36-32-28-27-29-33-38-42-47-52-63(4)5)62-85-89(78,79)83-58-64(71)57-82-88(76,77)84-61-65(59-80-67(72)53-48-43-37-17-14-11-8-3)86-69(74)55-50-45-40-35-30-23-21-19-16-13-10-7-2/h63-66,71H,6-62H2,1-5H3,(H,76,77)(H,78,79)/t64-,65+,66+/m0/s1. The molecule has 0 aliphatic carbocycles. The van der Waals surface area contributed by atoms with Gasteiger partial charge in [0, 0.05) is 25.7 Å². The lowest BCUT2D eigenvalue weighted by Gasteiger charge is -2.21. The summed E-state index contributed by atoms with van der Waals surface area (Å²) in [5.74, 6) is -1.35. The molecular weight excluding hydrogens is 1170 g/mol. The Kier molecular flexibility index (Phi) is 62.1. The minimum absolute atomic E-state index is 0.107. The molecule has 0 bridgehead atoms. The predicted molar refractivity (Wildman–Crippen MR) is 358 cm³/mol. The highest BCUT2D eigenvalue weighted by Crippen LogP contribution is 2.45. The van der Waals surface area contributed by atoms with Gasteiger partial charge in [-0.15, -0.1) is 0 Å². The third kappa shape index (κ3) is 64.6. The van der Waals surface area contributed by atoms with Crippen LogP contribution in [0.15, 0.2) is 0 Å². The smallest absolute Gasteiger partial charge is 0.462 e. The van der Waals surface area contributed by atoms with Gasteiger partial charge in [0.2, 0.25) is 0 Å². The van der Waals surface area contributed by atoms with Gasteiger partial charge in [-0.3, -0.25) is 37.3 Å². The average molecular weight is 1310 g/mol. The third-order valence-electron chi connectivity index (χ3n) is 16.3. The van der Waals surface area contributed by atoms with E-state index < -0.39 is 97.5 Å². The van der Waals surface area contributed by atoms with Crippen molar-refractivity contribution in [3.63, 3.8) is 0 Å². The normalized spacial score (nSPS) is 14.1. The Labute approximate surface area is 543 Å². The molecule has 0 spiro atoms. The molecule has 0 radical (unpaired) electrons. The summed E-state index contributed by atoms with van der Waals surface area (Å²) >= 11 is 0. The van der Waals surface area contributed by atoms with Crippen LogP contribution in [-0.4, -0.2) is 96.7 Å². The van der Waals surface area contributed by atoms with Gasteiger partial charge in [0.05, 0.1) is 26.4 Å². The van der Waals surface area contributed by atoms with E-state index in [-0.39, 0.29) is 25.7 Å². The highest BCUT2D eigenvalue weighted by molar-refractivity contribution is 7.47. The van der Waals surface area contributed by atoms with E-state index in [4.69, 9.17) is 37.0 Å². The maximum absolute atomic E-state index is 13.0. The zero-order valence-electron chi connectivity index (χ0n) is 57.6. The van der Waals surface area contributed by atoms with Gasteiger partial charge in [0.1, 0.15) is 19.3 Å². The lowest BCUT2D eigenvalue weighted by molar-refractivity contribution is -0.161. The average Bonchev–Trinajstić information content (AvgIpc) is 3.59. The van der Waals surface area contributed by atoms with Crippen molar-refractivity contribution in [2.45, 2.75) is 380 Å². The summed E-state index contributed by atoms with van der Waals surface area (Å²) in [6, 6.07) is 0. The summed E-state index contributed by atoms with van der Waals surface area (Å²) < 4.78 is 68.2. The van der Waals surface area contributed by atoms with Crippen LogP contribution in [0.1, 0.15) is 362 Å². The molecule has 0 aliphatic rings. The zero-order valence-corrected chi connectivity index (χ0v) is 59.4. The number of ether oxygens (including phenoxy) is 4. The molecule has 19 heteroatoms. The second kappa shape index (κ2) is 63.5. The second-order valence-corrected chi connectivity index (χ2v) is 28.7. The summed E-state index contributed by atoms with van der Waals surface area (Å²) in [4.78, 5) is 72.4. The maximum atomic E-state index is 13.0. The first-order valence-electron chi connectivity index (χ1n) is 36.6. The van der Waals surface area contributed by atoms with Crippen LogP contribution in [0.5, 0.6) is 0 Å². The Balaban J connectivity index is 5.21. The summed E-state index contributed by atoms with van der Waals surface area (Å²) in [6.45, 7) is 7.22. The van der Waals surface area contributed by atoms with Crippen molar-refractivity contribution in [2.75, 3.05) is 39.6 Å². The van der Waals surface area contributed by atoms with Gasteiger partial charge in [-0.2, -0.15) is 0 Å². The van der Waals surface area contributed by atoms with Crippen molar-refractivity contribution in [1.29, 1.82) is 0 Å². The van der Waals surface area contributed by atoms with Crippen LogP contribution in [0, 0.1) is 5.92 Å². The predicted octanol–water partition coefficient (Wildman–Crippen LogP) is 20.1. The molecule has 5 atom stereocenters. The zero-order chi connectivity index (χ0) is 65.6. The molecular formula is C70H136O17P2. The van der Waals surface area contributed by atoms with Gasteiger partial charge in [0.15, 0.2) is 12.2 Å². The van der Waals surface area contributed by atoms with Gasteiger partial charge in [-0.05, 0) is 31.6 Å². The first-order chi connectivity index (χ1) is 43.0. The highest BCUT2D eigenvalue weighted by atomic mass is 31.2. The fraction of sp³-hybridized carbons (Fsp3) is 0.943. The Morgan fingerprint density at radius 2 is 0.517 bits per heavy atom. The van der Waals surface area contributed by atoms with E-state index in [1.165, 1.54) is 173 Å². The van der Waals surface area contributed by atoms with Crippen molar-refractivity contribution in [3.05, 3.63) is 0 Å². The molecule has 0 aromatic rings.